The van der Waals surface area contributed by atoms with Crippen LogP contribution in [0.1, 0.15) is 15.3 Å². The Labute approximate surface area is 115 Å². The zero-order valence-electron chi connectivity index (χ0n) is 9.92. The van der Waals surface area contributed by atoms with Gasteiger partial charge in [0.15, 0.2) is 0 Å². The van der Waals surface area contributed by atoms with E-state index in [9.17, 15) is 8.42 Å². The number of hydrogen-bond donors (Lipinski definition) is 0. The highest BCUT2D eigenvalue weighted by molar-refractivity contribution is 7.91. The minimum absolute atomic E-state index is 0.457. The zero-order valence-corrected chi connectivity index (χ0v) is 12.4. The Bertz CT molecular complexity index is 669. The molecule has 0 atom stereocenters. The molecule has 0 radical (unpaired) electrons. The topological polar surface area (TPSA) is 37.4 Å². The third-order valence-corrected chi connectivity index (χ3v) is 7.42. The predicted octanol–water partition coefficient (Wildman–Crippen LogP) is 2.87. The summed E-state index contributed by atoms with van der Waals surface area (Å²) in [7, 11) is -3.31. The van der Waals surface area contributed by atoms with Crippen molar-refractivity contribution in [3.8, 4) is 0 Å². The van der Waals surface area contributed by atoms with E-state index in [0.29, 0.717) is 17.3 Å². The lowest BCUT2D eigenvalue weighted by atomic mass is 10.1. The lowest BCUT2D eigenvalue weighted by Crippen LogP contribution is -2.34. The summed E-state index contributed by atoms with van der Waals surface area (Å²) >= 11 is 3.06. The van der Waals surface area contributed by atoms with Crippen LogP contribution >= 0.6 is 22.7 Å². The van der Waals surface area contributed by atoms with Crippen LogP contribution in [0, 0.1) is 6.92 Å². The highest BCUT2D eigenvalue weighted by Crippen LogP contribution is 2.30. The van der Waals surface area contributed by atoms with Crippen LogP contribution in [0.15, 0.2) is 27.8 Å². The van der Waals surface area contributed by atoms with Gasteiger partial charge in [0.2, 0.25) is 0 Å². The molecule has 6 heteroatoms. The molecule has 96 valence electrons. The largest absolute Gasteiger partial charge is 0.252 e. The highest BCUT2D eigenvalue weighted by atomic mass is 32.2. The van der Waals surface area contributed by atoms with Gasteiger partial charge in [-0.2, -0.15) is 4.31 Å². The van der Waals surface area contributed by atoms with Crippen LogP contribution in [0.5, 0.6) is 0 Å². The molecule has 2 aromatic heterocycles. The predicted molar refractivity (Wildman–Crippen MR) is 74.7 cm³/mol. The molecule has 0 unspecified atom stereocenters. The molecule has 0 spiro atoms. The van der Waals surface area contributed by atoms with Crippen LogP contribution < -0.4 is 0 Å². The Hall–Kier alpha value is -0.690. The molecule has 2 aromatic rings. The summed E-state index contributed by atoms with van der Waals surface area (Å²) in [5.41, 5.74) is 1.16. The average molecular weight is 299 g/mol. The SMILES string of the molecule is Cc1ccc(S(=O)(=O)N2CCc3sccc3C2)s1. The number of fused-ring (bicyclic) bond motifs is 1. The maximum absolute atomic E-state index is 12.5. The molecular weight excluding hydrogens is 286 g/mol. The van der Waals surface area contributed by atoms with Gasteiger partial charge in [0, 0.05) is 22.8 Å². The molecule has 3 nitrogen and oxygen atoms in total. The summed E-state index contributed by atoms with van der Waals surface area (Å²) < 4.78 is 27.0. The van der Waals surface area contributed by atoms with Gasteiger partial charge in [-0.3, -0.25) is 0 Å². The molecule has 18 heavy (non-hydrogen) atoms. The van der Waals surface area contributed by atoms with E-state index in [1.807, 2.05) is 24.4 Å². The monoisotopic (exact) mass is 299 g/mol. The van der Waals surface area contributed by atoms with Crippen molar-refractivity contribution in [3.05, 3.63) is 38.9 Å². The van der Waals surface area contributed by atoms with Crippen LogP contribution in [0.3, 0.4) is 0 Å². The van der Waals surface area contributed by atoms with E-state index < -0.39 is 10.0 Å². The van der Waals surface area contributed by atoms with Crippen LogP contribution in [0.4, 0.5) is 0 Å². The van der Waals surface area contributed by atoms with Gasteiger partial charge in [0.25, 0.3) is 10.0 Å². The molecule has 1 aliphatic rings. The van der Waals surface area contributed by atoms with Crippen molar-refractivity contribution < 1.29 is 8.42 Å². The van der Waals surface area contributed by atoms with Crippen LogP contribution in [-0.2, 0) is 23.0 Å². The van der Waals surface area contributed by atoms with Gasteiger partial charge in [0.1, 0.15) is 4.21 Å². The smallest absolute Gasteiger partial charge is 0.206 e. The Morgan fingerprint density at radius 2 is 2.11 bits per heavy atom. The average Bonchev–Trinajstić information content (AvgIpc) is 2.96. The van der Waals surface area contributed by atoms with Gasteiger partial charge in [-0.1, -0.05) is 0 Å². The third-order valence-electron chi connectivity index (χ3n) is 3.08. The normalized spacial score (nSPS) is 16.7. The summed E-state index contributed by atoms with van der Waals surface area (Å²) in [5, 5.41) is 2.04. The first kappa shape index (κ1) is 12.3. The molecule has 0 saturated heterocycles. The van der Waals surface area contributed by atoms with Gasteiger partial charge in [-0.05, 0) is 42.5 Å². The van der Waals surface area contributed by atoms with Crippen LogP contribution in [0.25, 0.3) is 0 Å². The Balaban J connectivity index is 1.92. The first-order valence-electron chi connectivity index (χ1n) is 5.69. The van der Waals surface area contributed by atoms with Crippen molar-refractivity contribution >= 4 is 32.7 Å². The summed E-state index contributed by atoms with van der Waals surface area (Å²) in [4.78, 5) is 2.35. The number of sulfonamides is 1. The van der Waals surface area contributed by atoms with E-state index in [-0.39, 0.29) is 0 Å². The summed E-state index contributed by atoms with van der Waals surface area (Å²) in [5.74, 6) is 0. The maximum atomic E-state index is 12.5. The molecule has 3 rings (SSSR count). The first-order valence-corrected chi connectivity index (χ1v) is 8.83. The van der Waals surface area contributed by atoms with E-state index in [1.54, 1.807) is 21.7 Å². The molecule has 0 amide bonds. The number of aryl methyl sites for hydroxylation is 1. The third kappa shape index (κ3) is 2.03. The van der Waals surface area contributed by atoms with Gasteiger partial charge in [-0.15, -0.1) is 22.7 Å². The van der Waals surface area contributed by atoms with Gasteiger partial charge < -0.3 is 0 Å². The standard InChI is InChI=1S/C12H13NO2S3/c1-9-2-3-12(17-9)18(14,15)13-6-4-11-10(8-13)5-7-16-11/h2-3,5,7H,4,6,8H2,1H3. The van der Waals surface area contributed by atoms with Crippen molar-refractivity contribution in [2.45, 2.75) is 24.1 Å². The molecule has 0 aromatic carbocycles. The van der Waals surface area contributed by atoms with E-state index >= 15 is 0 Å². The number of nitrogens with zero attached hydrogens (tertiary/aromatic N) is 1. The quantitative estimate of drug-likeness (QED) is 0.855. The lowest BCUT2D eigenvalue weighted by Gasteiger charge is -2.25. The second-order valence-corrected chi connectivity index (χ2v) is 8.78. The molecule has 1 aliphatic heterocycles. The van der Waals surface area contributed by atoms with Crippen molar-refractivity contribution in [1.29, 1.82) is 0 Å². The second kappa shape index (κ2) is 4.45. The second-order valence-electron chi connectivity index (χ2n) is 4.32. The summed E-state index contributed by atoms with van der Waals surface area (Å²) in [6.07, 6.45) is 0.830. The highest BCUT2D eigenvalue weighted by Gasteiger charge is 2.29. The number of thiophene rings is 2. The van der Waals surface area contributed by atoms with Crippen molar-refractivity contribution in [1.82, 2.24) is 4.31 Å². The van der Waals surface area contributed by atoms with E-state index in [1.165, 1.54) is 16.2 Å². The molecule has 0 fully saturated rings. The van der Waals surface area contributed by atoms with Gasteiger partial charge in [-0.25, -0.2) is 8.42 Å². The molecule has 0 aliphatic carbocycles. The Kier molecular flexibility index (Phi) is 3.05. The van der Waals surface area contributed by atoms with E-state index in [0.717, 1.165) is 16.9 Å². The van der Waals surface area contributed by atoms with Crippen molar-refractivity contribution in [2.75, 3.05) is 6.54 Å². The number of hydrogen-bond acceptors (Lipinski definition) is 4. The minimum atomic E-state index is -3.31. The molecule has 0 N–H and O–H groups in total. The number of rotatable bonds is 2. The summed E-state index contributed by atoms with van der Waals surface area (Å²) in [6, 6.07) is 5.59. The van der Waals surface area contributed by atoms with E-state index in [2.05, 4.69) is 0 Å². The van der Waals surface area contributed by atoms with Gasteiger partial charge in [0.05, 0.1) is 0 Å². The Morgan fingerprint density at radius 3 is 2.83 bits per heavy atom. The zero-order chi connectivity index (χ0) is 12.8. The fourth-order valence-electron chi connectivity index (χ4n) is 2.11. The molecular formula is C12H13NO2S3. The summed E-state index contributed by atoms with van der Waals surface area (Å²) in [6.45, 7) is 3.03. The van der Waals surface area contributed by atoms with Crippen LogP contribution in [0.2, 0.25) is 0 Å². The fourth-order valence-corrected chi connectivity index (χ4v) is 5.85. The maximum Gasteiger partial charge on any atom is 0.252 e. The van der Waals surface area contributed by atoms with Crippen molar-refractivity contribution in [2.24, 2.45) is 0 Å². The first-order chi connectivity index (χ1) is 8.57. The molecule has 0 bridgehead atoms. The fraction of sp³-hybridized carbons (Fsp3) is 0.333. The van der Waals surface area contributed by atoms with Crippen LogP contribution in [-0.4, -0.2) is 19.3 Å². The van der Waals surface area contributed by atoms with Gasteiger partial charge >= 0.3 is 0 Å². The molecule has 0 saturated carbocycles. The van der Waals surface area contributed by atoms with E-state index in [4.69, 9.17) is 0 Å². The molecule has 3 heterocycles. The van der Waals surface area contributed by atoms with Crippen molar-refractivity contribution in [3.63, 3.8) is 0 Å². The Morgan fingerprint density at radius 1 is 1.28 bits per heavy atom. The lowest BCUT2D eigenvalue weighted by molar-refractivity contribution is 0.395. The minimum Gasteiger partial charge on any atom is -0.206 e.